The van der Waals surface area contributed by atoms with Gasteiger partial charge in [-0.25, -0.2) is 4.79 Å². The van der Waals surface area contributed by atoms with Gasteiger partial charge in [0.05, 0.1) is 24.5 Å². The van der Waals surface area contributed by atoms with Gasteiger partial charge in [-0.2, -0.15) is 5.10 Å². The van der Waals surface area contributed by atoms with Crippen LogP contribution in [0, 0.1) is 5.92 Å². The summed E-state index contributed by atoms with van der Waals surface area (Å²) < 4.78 is 6.99. The van der Waals surface area contributed by atoms with Crippen LogP contribution in [0.2, 0.25) is 0 Å². The van der Waals surface area contributed by atoms with E-state index in [0.29, 0.717) is 24.3 Å². The van der Waals surface area contributed by atoms with Crippen molar-refractivity contribution in [3.05, 3.63) is 12.4 Å². The molecule has 2 N–H and O–H groups in total. The second kappa shape index (κ2) is 6.56. The summed E-state index contributed by atoms with van der Waals surface area (Å²) in [5, 5.41) is 10.3. The molecule has 1 aromatic heterocycles. The van der Waals surface area contributed by atoms with E-state index in [1.165, 1.54) is 0 Å². The number of carbonyl (C=O) groups excluding carboxylic acids is 1. The zero-order valence-corrected chi connectivity index (χ0v) is 11.6. The molecule has 1 amide bonds. The summed E-state index contributed by atoms with van der Waals surface area (Å²) in [5.74, 6) is 0.336. The third-order valence-corrected chi connectivity index (χ3v) is 3.08. The zero-order chi connectivity index (χ0) is 13.7. The Balaban J connectivity index is 1.84. The number of rotatable bonds is 4. The minimum atomic E-state index is -0.418. The van der Waals surface area contributed by atoms with Gasteiger partial charge in [0.1, 0.15) is 0 Å². The molecule has 0 saturated carbocycles. The van der Waals surface area contributed by atoms with E-state index in [1.54, 1.807) is 6.20 Å². The highest BCUT2D eigenvalue weighted by Crippen LogP contribution is 2.19. The Morgan fingerprint density at radius 2 is 2.32 bits per heavy atom. The summed E-state index contributed by atoms with van der Waals surface area (Å²) in [6.07, 6.45) is 5.25. The first-order chi connectivity index (χ1) is 9.15. The summed E-state index contributed by atoms with van der Waals surface area (Å²) in [6.45, 7) is 6.46. The zero-order valence-electron chi connectivity index (χ0n) is 11.6. The molecule has 0 aliphatic carbocycles. The minimum absolute atomic E-state index is 0.336. The van der Waals surface area contributed by atoms with Crippen molar-refractivity contribution in [2.45, 2.75) is 32.7 Å². The summed E-state index contributed by atoms with van der Waals surface area (Å²) >= 11 is 0. The van der Waals surface area contributed by atoms with Crippen molar-refractivity contribution in [2.75, 3.05) is 25.0 Å². The van der Waals surface area contributed by atoms with Gasteiger partial charge in [-0.3, -0.25) is 10.00 Å². The highest BCUT2D eigenvalue weighted by atomic mass is 16.5. The highest BCUT2D eigenvalue weighted by Gasteiger charge is 2.16. The molecule has 1 saturated heterocycles. The number of piperidine rings is 1. The first-order valence-corrected chi connectivity index (χ1v) is 6.84. The van der Waals surface area contributed by atoms with Gasteiger partial charge >= 0.3 is 6.09 Å². The van der Waals surface area contributed by atoms with Crippen LogP contribution in [0.15, 0.2) is 12.4 Å². The molecule has 0 radical (unpaired) electrons. The number of carbonyl (C=O) groups is 1. The van der Waals surface area contributed by atoms with E-state index in [2.05, 4.69) is 15.7 Å². The van der Waals surface area contributed by atoms with Gasteiger partial charge in [0.15, 0.2) is 0 Å². The van der Waals surface area contributed by atoms with Crippen molar-refractivity contribution in [1.82, 2.24) is 15.1 Å². The van der Waals surface area contributed by atoms with Crippen LogP contribution in [0.1, 0.15) is 32.7 Å². The van der Waals surface area contributed by atoms with Crippen LogP contribution in [0.4, 0.5) is 10.5 Å². The molecule has 6 heteroatoms. The van der Waals surface area contributed by atoms with E-state index in [9.17, 15) is 4.79 Å². The standard InChI is InChI=1S/C13H22N4O2/c1-10(2)9-19-13(18)16-11-7-15-17(8-11)12-3-5-14-6-4-12/h7-8,10,12,14H,3-6,9H2,1-2H3,(H,16,18). The Kier molecular flexibility index (Phi) is 4.79. The molecule has 1 aliphatic rings. The summed E-state index contributed by atoms with van der Waals surface area (Å²) in [6, 6.07) is 0.420. The summed E-state index contributed by atoms with van der Waals surface area (Å²) in [7, 11) is 0. The number of ether oxygens (including phenoxy) is 1. The van der Waals surface area contributed by atoms with Crippen LogP contribution < -0.4 is 10.6 Å². The SMILES string of the molecule is CC(C)COC(=O)Nc1cnn(C2CCNCC2)c1. The first-order valence-electron chi connectivity index (χ1n) is 6.84. The van der Waals surface area contributed by atoms with Crippen LogP contribution in [0.25, 0.3) is 0 Å². The molecule has 2 heterocycles. The molecule has 19 heavy (non-hydrogen) atoms. The Hall–Kier alpha value is -1.56. The molecule has 2 rings (SSSR count). The summed E-state index contributed by atoms with van der Waals surface area (Å²) in [4.78, 5) is 11.5. The van der Waals surface area contributed by atoms with Crippen LogP contribution >= 0.6 is 0 Å². The first kappa shape index (κ1) is 13.9. The maximum absolute atomic E-state index is 11.5. The Labute approximate surface area is 113 Å². The third-order valence-electron chi connectivity index (χ3n) is 3.08. The predicted octanol–water partition coefficient (Wildman–Crippen LogP) is 2.01. The number of aromatic nitrogens is 2. The average molecular weight is 266 g/mol. The third kappa shape index (κ3) is 4.24. The molecule has 0 atom stereocenters. The van der Waals surface area contributed by atoms with Crippen molar-refractivity contribution in [1.29, 1.82) is 0 Å². The number of nitrogens with zero attached hydrogens (tertiary/aromatic N) is 2. The molecule has 1 fully saturated rings. The number of amides is 1. The predicted molar refractivity (Wildman–Crippen MR) is 73.2 cm³/mol. The largest absolute Gasteiger partial charge is 0.449 e. The van der Waals surface area contributed by atoms with Gasteiger partial charge in [-0.1, -0.05) is 13.8 Å². The van der Waals surface area contributed by atoms with Gasteiger partial charge in [0.25, 0.3) is 0 Å². The van der Waals surface area contributed by atoms with Gasteiger partial charge in [-0.15, -0.1) is 0 Å². The second-order valence-electron chi connectivity index (χ2n) is 5.31. The minimum Gasteiger partial charge on any atom is -0.449 e. The fourth-order valence-electron chi connectivity index (χ4n) is 2.07. The number of anilines is 1. The number of hydrogen-bond donors (Lipinski definition) is 2. The molecule has 1 aliphatic heterocycles. The van der Waals surface area contributed by atoms with E-state index >= 15 is 0 Å². The lowest BCUT2D eigenvalue weighted by atomic mass is 10.1. The lowest BCUT2D eigenvalue weighted by Gasteiger charge is -2.22. The monoisotopic (exact) mass is 266 g/mol. The quantitative estimate of drug-likeness (QED) is 0.874. The van der Waals surface area contributed by atoms with Gasteiger partial charge in [0, 0.05) is 6.20 Å². The van der Waals surface area contributed by atoms with E-state index in [0.717, 1.165) is 25.9 Å². The van der Waals surface area contributed by atoms with Crippen molar-refractivity contribution in [2.24, 2.45) is 5.92 Å². The smallest absolute Gasteiger partial charge is 0.411 e. The topological polar surface area (TPSA) is 68.2 Å². The van der Waals surface area contributed by atoms with Crippen molar-refractivity contribution in [3.63, 3.8) is 0 Å². The van der Waals surface area contributed by atoms with Crippen LogP contribution in [0.3, 0.4) is 0 Å². The second-order valence-corrected chi connectivity index (χ2v) is 5.31. The molecule has 1 aromatic rings. The molecular formula is C13H22N4O2. The normalized spacial score (nSPS) is 16.6. The number of hydrogen-bond acceptors (Lipinski definition) is 4. The fraction of sp³-hybridized carbons (Fsp3) is 0.692. The average Bonchev–Trinajstić information content (AvgIpc) is 2.86. The lowest BCUT2D eigenvalue weighted by molar-refractivity contribution is 0.147. The van der Waals surface area contributed by atoms with Crippen molar-refractivity contribution >= 4 is 11.8 Å². The maximum atomic E-state index is 11.5. The van der Waals surface area contributed by atoms with Gasteiger partial charge in [-0.05, 0) is 31.8 Å². The molecule has 0 spiro atoms. The molecule has 0 unspecified atom stereocenters. The Morgan fingerprint density at radius 1 is 1.58 bits per heavy atom. The van der Waals surface area contributed by atoms with Gasteiger partial charge < -0.3 is 10.1 Å². The molecule has 6 nitrogen and oxygen atoms in total. The van der Waals surface area contributed by atoms with E-state index in [4.69, 9.17) is 4.74 Å². The van der Waals surface area contributed by atoms with E-state index in [-0.39, 0.29) is 0 Å². The van der Waals surface area contributed by atoms with Crippen molar-refractivity contribution in [3.8, 4) is 0 Å². The van der Waals surface area contributed by atoms with Crippen LogP contribution in [-0.4, -0.2) is 35.6 Å². The highest BCUT2D eigenvalue weighted by molar-refractivity contribution is 5.84. The fourth-order valence-corrected chi connectivity index (χ4v) is 2.07. The Bertz CT molecular complexity index is 411. The molecule has 0 bridgehead atoms. The Morgan fingerprint density at radius 3 is 3.00 bits per heavy atom. The van der Waals surface area contributed by atoms with E-state index < -0.39 is 6.09 Å². The number of nitrogens with one attached hydrogen (secondary N) is 2. The van der Waals surface area contributed by atoms with Crippen molar-refractivity contribution < 1.29 is 9.53 Å². The molecular weight excluding hydrogens is 244 g/mol. The lowest BCUT2D eigenvalue weighted by Crippen LogP contribution is -2.29. The van der Waals surface area contributed by atoms with Crippen LogP contribution in [-0.2, 0) is 4.74 Å². The molecule has 106 valence electrons. The molecule has 0 aromatic carbocycles. The van der Waals surface area contributed by atoms with Gasteiger partial charge in [0.2, 0.25) is 0 Å². The van der Waals surface area contributed by atoms with Crippen LogP contribution in [0.5, 0.6) is 0 Å². The van der Waals surface area contributed by atoms with E-state index in [1.807, 2.05) is 24.7 Å². The summed E-state index contributed by atoms with van der Waals surface area (Å²) in [5.41, 5.74) is 0.687. The maximum Gasteiger partial charge on any atom is 0.411 e.